The first-order valence-electron chi connectivity index (χ1n) is 4.65. The molecule has 0 bridgehead atoms. The summed E-state index contributed by atoms with van der Waals surface area (Å²) in [6, 6.07) is 1.73. The lowest BCUT2D eigenvalue weighted by molar-refractivity contribution is 0.232. The van der Waals surface area contributed by atoms with Gasteiger partial charge in [-0.25, -0.2) is 4.98 Å². The van der Waals surface area contributed by atoms with Crippen molar-refractivity contribution in [3.63, 3.8) is 0 Å². The summed E-state index contributed by atoms with van der Waals surface area (Å²) in [5, 5.41) is 3.01. The Labute approximate surface area is 97.9 Å². The summed E-state index contributed by atoms with van der Waals surface area (Å²) in [6.45, 7) is 8.20. The van der Waals surface area contributed by atoms with E-state index in [0.717, 1.165) is 4.48 Å². The third-order valence-corrected chi connectivity index (χ3v) is 1.71. The molecule has 0 amide bonds. The van der Waals surface area contributed by atoms with Crippen molar-refractivity contribution in [3.05, 3.63) is 23.3 Å². The highest BCUT2D eigenvalue weighted by Gasteiger charge is 2.01. The normalized spacial score (nSPS) is 10.1. The maximum Gasteiger partial charge on any atom is 0.226 e. The summed E-state index contributed by atoms with van der Waals surface area (Å²) in [5.41, 5.74) is 0. The van der Waals surface area contributed by atoms with Gasteiger partial charge in [-0.3, -0.25) is 0 Å². The number of halogens is 1. The zero-order valence-corrected chi connectivity index (χ0v) is 10.4. The SMILES string of the molecule is C=C(Br)CNc1nccc(OC(C)C)n1. The molecule has 0 unspecified atom stereocenters. The van der Waals surface area contributed by atoms with Gasteiger partial charge >= 0.3 is 0 Å². The van der Waals surface area contributed by atoms with Crippen molar-refractivity contribution in [2.45, 2.75) is 20.0 Å². The summed E-state index contributed by atoms with van der Waals surface area (Å²) in [5.74, 6) is 1.11. The van der Waals surface area contributed by atoms with Gasteiger partial charge in [-0.15, -0.1) is 0 Å². The number of aromatic nitrogens is 2. The molecule has 1 rings (SSSR count). The second-order valence-electron chi connectivity index (χ2n) is 3.26. The van der Waals surface area contributed by atoms with Crippen LogP contribution in [-0.2, 0) is 0 Å². The van der Waals surface area contributed by atoms with E-state index in [-0.39, 0.29) is 6.10 Å². The van der Waals surface area contributed by atoms with Gasteiger partial charge in [-0.1, -0.05) is 22.5 Å². The minimum atomic E-state index is 0.110. The van der Waals surface area contributed by atoms with Crippen LogP contribution < -0.4 is 10.1 Å². The van der Waals surface area contributed by atoms with E-state index in [0.29, 0.717) is 18.4 Å². The zero-order chi connectivity index (χ0) is 11.3. The number of hydrogen-bond donors (Lipinski definition) is 1. The molecular weight excluding hydrogens is 258 g/mol. The van der Waals surface area contributed by atoms with Crippen molar-refractivity contribution in [1.29, 1.82) is 0 Å². The van der Waals surface area contributed by atoms with Crippen LogP contribution in [0.1, 0.15) is 13.8 Å². The van der Waals surface area contributed by atoms with E-state index in [1.54, 1.807) is 12.3 Å². The Morgan fingerprint density at radius 3 is 3.00 bits per heavy atom. The zero-order valence-electron chi connectivity index (χ0n) is 8.83. The molecule has 1 aromatic rings. The highest BCUT2D eigenvalue weighted by atomic mass is 79.9. The first kappa shape index (κ1) is 12.0. The molecule has 0 aliphatic heterocycles. The lowest BCUT2D eigenvalue weighted by Crippen LogP contribution is -2.09. The number of nitrogens with zero attached hydrogens (tertiary/aromatic N) is 2. The number of ether oxygens (including phenoxy) is 1. The first-order valence-corrected chi connectivity index (χ1v) is 5.44. The monoisotopic (exact) mass is 271 g/mol. The van der Waals surface area contributed by atoms with Crippen molar-refractivity contribution in [3.8, 4) is 5.88 Å². The van der Waals surface area contributed by atoms with E-state index in [1.807, 2.05) is 13.8 Å². The van der Waals surface area contributed by atoms with Gasteiger partial charge in [0.25, 0.3) is 0 Å². The van der Waals surface area contributed by atoms with Gasteiger partial charge in [0.2, 0.25) is 11.8 Å². The summed E-state index contributed by atoms with van der Waals surface area (Å²) in [4.78, 5) is 8.23. The van der Waals surface area contributed by atoms with E-state index in [1.165, 1.54) is 0 Å². The Morgan fingerprint density at radius 2 is 2.40 bits per heavy atom. The highest BCUT2D eigenvalue weighted by molar-refractivity contribution is 9.11. The van der Waals surface area contributed by atoms with Crippen molar-refractivity contribution in [1.82, 2.24) is 9.97 Å². The Balaban J connectivity index is 2.61. The minimum absolute atomic E-state index is 0.110. The Kier molecular flexibility index (Phi) is 4.55. The number of rotatable bonds is 5. The molecule has 0 aliphatic carbocycles. The van der Waals surface area contributed by atoms with Crippen molar-refractivity contribution in [2.75, 3.05) is 11.9 Å². The van der Waals surface area contributed by atoms with Crippen LogP contribution in [0, 0.1) is 0 Å². The molecule has 0 atom stereocenters. The second kappa shape index (κ2) is 5.70. The quantitative estimate of drug-likeness (QED) is 0.895. The van der Waals surface area contributed by atoms with Crippen molar-refractivity contribution in [2.24, 2.45) is 0 Å². The summed E-state index contributed by atoms with van der Waals surface area (Å²) in [6.07, 6.45) is 1.77. The molecule has 4 nitrogen and oxygen atoms in total. The predicted molar refractivity (Wildman–Crippen MR) is 64.4 cm³/mol. The Bertz CT molecular complexity index is 341. The largest absolute Gasteiger partial charge is 0.475 e. The minimum Gasteiger partial charge on any atom is -0.475 e. The predicted octanol–water partition coefficient (Wildman–Crippen LogP) is 2.58. The van der Waals surface area contributed by atoms with Crippen molar-refractivity contribution >= 4 is 21.9 Å². The van der Waals surface area contributed by atoms with E-state index >= 15 is 0 Å². The van der Waals surface area contributed by atoms with Crippen LogP contribution in [-0.4, -0.2) is 22.6 Å². The molecule has 1 N–H and O–H groups in total. The Hall–Kier alpha value is -1.10. The Morgan fingerprint density at radius 1 is 1.67 bits per heavy atom. The maximum absolute atomic E-state index is 5.44. The molecule has 1 aromatic heterocycles. The van der Waals surface area contributed by atoms with E-state index in [9.17, 15) is 0 Å². The topological polar surface area (TPSA) is 47.0 Å². The van der Waals surface area contributed by atoms with Crippen LogP contribution in [0.15, 0.2) is 23.3 Å². The van der Waals surface area contributed by atoms with Gasteiger partial charge in [0.15, 0.2) is 0 Å². The lowest BCUT2D eigenvalue weighted by Gasteiger charge is -2.09. The van der Waals surface area contributed by atoms with Gasteiger partial charge in [0.1, 0.15) is 0 Å². The molecule has 0 aliphatic rings. The summed E-state index contributed by atoms with van der Waals surface area (Å²) < 4.78 is 6.28. The number of hydrogen-bond acceptors (Lipinski definition) is 4. The molecule has 0 aromatic carbocycles. The van der Waals surface area contributed by atoms with Crippen LogP contribution >= 0.6 is 15.9 Å². The maximum atomic E-state index is 5.44. The van der Waals surface area contributed by atoms with Crippen LogP contribution in [0.3, 0.4) is 0 Å². The molecule has 0 radical (unpaired) electrons. The molecule has 0 saturated heterocycles. The molecular formula is C10H14BrN3O. The van der Waals surface area contributed by atoms with Gasteiger partial charge in [-0.2, -0.15) is 4.98 Å². The van der Waals surface area contributed by atoms with Gasteiger partial charge in [0, 0.05) is 23.3 Å². The molecule has 5 heteroatoms. The first-order chi connectivity index (χ1) is 7.08. The lowest BCUT2D eigenvalue weighted by atomic mass is 10.5. The summed E-state index contributed by atoms with van der Waals surface area (Å²) >= 11 is 3.25. The average molecular weight is 272 g/mol. The highest BCUT2D eigenvalue weighted by Crippen LogP contribution is 2.10. The van der Waals surface area contributed by atoms with Crippen LogP contribution in [0.25, 0.3) is 0 Å². The third kappa shape index (κ3) is 4.78. The standard InChI is InChI=1S/C10H14BrN3O/c1-7(2)15-9-4-5-12-10(14-9)13-6-8(3)11/h4-5,7H,3,6H2,1-2H3,(H,12,13,14). The fourth-order valence-electron chi connectivity index (χ4n) is 0.909. The molecule has 0 saturated carbocycles. The van der Waals surface area contributed by atoms with E-state index in [2.05, 4.69) is 37.8 Å². The van der Waals surface area contributed by atoms with Crippen molar-refractivity contribution < 1.29 is 4.74 Å². The van der Waals surface area contributed by atoms with E-state index in [4.69, 9.17) is 4.74 Å². The molecule has 1 heterocycles. The number of nitrogens with one attached hydrogen (secondary N) is 1. The fraction of sp³-hybridized carbons (Fsp3) is 0.400. The second-order valence-corrected chi connectivity index (χ2v) is 4.38. The average Bonchev–Trinajstić information content (AvgIpc) is 2.14. The third-order valence-electron chi connectivity index (χ3n) is 1.42. The van der Waals surface area contributed by atoms with Gasteiger partial charge < -0.3 is 10.1 Å². The van der Waals surface area contributed by atoms with Gasteiger partial charge in [0.05, 0.1) is 6.10 Å². The molecule has 0 spiro atoms. The van der Waals surface area contributed by atoms with E-state index < -0.39 is 0 Å². The molecule has 0 fully saturated rings. The molecule has 82 valence electrons. The fourth-order valence-corrected chi connectivity index (χ4v) is 1.05. The molecule has 15 heavy (non-hydrogen) atoms. The number of anilines is 1. The van der Waals surface area contributed by atoms with Crippen LogP contribution in [0.4, 0.5) is 5.95 Å². The van der Waals surface area contributed by atoms with Gasteiger partial charge in [-0.05, 0) is 13.8 Å². The summed E-state index contributed by atoms with van der Waals surface area (Å²) in [7, 11) is 0. The smallest absolute Gasteiger partial charge is 0.226 e. The van der Waals surface area contributed by atoms with Crippen LogP contribution in [0.2, 0.25) is 0 Å². The van der Waals surface area contributed by atoms with Crippen LogP contribution in [0.5, 0.6) is 5.88 Å².